The standard InChI is InChI=1S/C17H22FNO4/c1-23-9-6-14(15(20)21)19-16(22)17(7-3-8-17)11-12-4-2-5-13(18)10-12/h2,4-5,10,14H,3,6-9,11H2,1H3,(H,19,22)(H,20,21). The third kappa shape index (κ3) is 4.28. The van der Waals surface area contributed by atoms with Gasteiger partial charge in [-0.2, -0.15) is 0 Å². The molecule has 1 aliphatic rings. The maximum atomic E-state index is 13.3. The van der Waals surface area contributed by atoms with Crippen LogP contribution in [0.3, 0.4) is 0 Å². The number of halogens is 1. The fourth-order valence-corrected chi connectivity index (χ4v) is 2.93. The van der Waals surface area contributed by atoms with Gasteiger partial charge in [0.05, 0.1) is 5.41 Å². The molecule has 1 fully saturated rings. The third-order valence-corrected chi connectivity index (χ3v) is 4.44. The van der Waals surface area contributed by atoms with Crippen LogP contribution in [0.2, 0.25) is 0 Å². The predicted molar refractivity (Wildman–Crippen MR) is 82.4 cm³/mol. The highest BCUT2D eigenvalue weighted by Gasteiger charge is 2.45. The first-order chi connectivity index (χ1) is 11.0. The summed E-state index contributed by atoms with van der Waals surface area (Å²) in [7, 11) is 1.48. The monoisotopic (exact) mass is 323 g/mol. The smallest absolute Gasteiger partial charge is 0.326 e. The molecule has 1 aromatic carbocycles. The molecule has 23 heavy (non-hydrogen) atoms. The normalized spacial score (nSPS) is 17.1. The summed E-state index contributed by atoms with van der Waals surface area (Å²) >= 11 is 0. The molecule has 126 valence electrons. The molecule has 0 aromatic heterocycles. The number of nitrogens with one attached hydrogen (secondary N) is 1. The maximum absolute atomic E-state index is 13.3. The Balaban J connectivity index is 2.06. The van der Waals surface area contributed by atoms with Gasteiger partial charge in [0, 0.05) is 20.1 Å². The molecule has 1 aromatic rings. The van der Waals surface area contributed by atoms with E-state index in [0.717, 1.165) is 12.0 Å². The molecule has 1 unspecified atom stereocenters. The molecule has 6 heteroatoms. The first-order valence-electron chi connectivity index (χ1n) is 7.74. The minimum Gasteiger partial charge on any atom is -0.480 e. The van der Waals surface area contributed by atoms with Crippen LogP contribution in [0, 0.1) is 11.2 Å². The van der Waals surface area contributed by atoms with Crippen LogP contribution in [0.15, 0.2) is 24.3 Å². The van der Waals surface area contributed by atoms with Crippen molar-refractivity contribution in [1.29, 1.82) is 0 Å². The molecular weight excluding hydrogens is 301 g/mol. The Kier molecular flexibility index (Phi) is 5.71. The number of methoxy groups -OCH3 is 1. The van der Waals surface area contributed by atoms with E-state index in [1.54, 1.807) is 12.1 Å². The molecule has 0 saturated heterocycles. The van der Waals surface area contributed by atoms with E-state index in [-0.39, 0.29) is 24.8 Å². The summed E-state index contributed by atoms with van der Waals surface area (Å²) in [5, 5.41) is 11.8. The Bertz CT molecular complexity index is 571. The first kappa shape index (κ1) is 17.4. The number of carbonyl (C=O) groups is 2. The maximum Gasteiger partial charge on any atom is 0.326 e. The zero-order valence-electron chi connectivity index (χ0n) is 13.2. The van der Waals surface area contributed by atoms with Crippen molar-refractivity contribution in [2.45, 2.75) is 38.1 Å². The van der Waals surface area contributed by atoms with Crippen LogP contribution in [-0.4, -0.2) is 36.7 Å². The molecule has 1 aliphatic carbocycles. The lowest BCUT2D eigenvalue weighted by Gasteiger charge is -2.41. The van der Waals surface area contributed by atoms with Crippen LogP contribution >= 0.6 is 0 Å². The summed E-state index contributed by atoms with van der Waals surface area (Å²) in [4.78, 5) is 23.9. The summed E-state index contributed by atoms with van der Waals surface area (Å²) in [5.74, 6) is -1.67. The Morgan fingerprint density at radius 1 is 1.43 bits per heavy atom. The molecule has 0 radical (unpaired) electrons. The van der Waals surface area contributed by atoms with Crippen molar-refractivity contribution in [3.63, 3.8) is 0 Å². The highest BCUT2D eigenvalue weighted by molar-refractivity contribution is 5.88. The third-order valence-electron chi connectivity index (χ3n) is 4.44. The molecule has 1 amide bonds. The van der Waals surface area contributed by atoms with E-state index in [9.17, 15) is 19.1 Å². The Hall–Kier alpha value is -1.95. The number of hydrogen-bond acceptors (Lipinski definition) is 3. The number of carboxylic acids is 1. The van der Waals surface area contributed by atoms with Gasteiger partial charge in [-0.25, -0.2) is 9.18 Å². The molecule has 0 heterocycles. The summed E-state index contributed by atoms with van der Waals surface area (Å²) in [6.45, 7) is 0.258. The van der Waals surface area contributed by atoms with Gasteiger partial charge in [0.15, 0.2) is 0 Å². The molecule has 1 saturated carbocycles. The number of rotatable bonds is 8. The van der Waals surface area contributed by atoms with Gasteiger partial charge in [0.25, 0.3) is 0 Å². The molecule has 0 aliphatic heterocycles. The van der Waals surface area contributed by atoms with Gasteiger partial charge in [-0.1, -0.05) is 18.6 Å². The molecule has 2 rings (SSSR count). The average molecular weight is 323 g/mol. The summed E-state index contributed by atoms with van der Waals surface area (Å²) in [6, 6.07) is 5.23. The molecule has 2 N–H and O–H groups in total. The number of ether oxygens (including phenoxy) is 1. The summed E-state index contributed by atoms with van der Waals surface area (Å²) in [6.07, 6.45) is 2.93. The van der Waals surface area contributed by atoms with Crippen molar-refractivity contribution in [2.75, 3.05) is 13.7 Å². The lowest BCUT2D eigenvalue weighted by Crippen LogP contribution is -2.52. The van der Waals surface area contributed by atoms with Crippen molar-refractivity contribution in [1.82, 2.24) is 5.32 Å². The zero-order valence-corrected chi connectivity index (χ0v) is 13.2. The lowest BCUT2D eigenvalue weighted by atomic mass is 9.64. The Morgan fingerprint density at radius 3 is 2.70 bits per heavy atom. The Labute approximate surface area is 134 Å². The lowest BCUT2D eigenvalue weighted by molar-refractivity contribution is -0.146. The van der Waals surface area contributed by atoms with E-state index in [1.807, 2.05) is 0 Å². The van der Waals surface area contributed by atoms with Gasteiger partial charge < -0.3 is 15.2 Å². The number of amides is 1. The fourth-order valence-electron chi connectivity index (χ4n) is 2.93. The van der Waals surface area contributed by atoms with Crippen molar-refractivity contribution in [3.05, 3.63) is 35.6 Å². The van der Waals surface area contributed by atoms with Crippen molar-refractivity contribution < 1.29 is 23.8 Å². The van der Waals surface area contributed by atoms with E-state index in [4.69, 9.17) is 4.74 Å². The van der Waals surface area contributed by atoms with Gasteiger partial charge in [-0.15, -0.1) is 0 Å². The number of hydrogen-bond donors (Lipinski definition) is 2. The van der Waals surface area contributed by atoms with E-state index in [1.165, 1.54) is 19.2 Å². The SMILES string of the molecule is COCCC(NC(=O)C1(Cc2cccc(F)c2)CCC1)C(=O)O. The number of carboxylic acid groups (broad SMARTS) is 1. The average Bonchev–Trinajstić information content (AvgIpc) is 2.46. The van der Waals surface area contributed by atoms with Crippen LogP contribution < -0.4 is 5.32 Å². The van der Waals surface area contributed by atoms with Crippen LogP contribution in [0.5, 0.6) is 0 Å². The number of aliphatic carboxylic acids is 1. The minimum atomic E-state index is -1.07. The van der Waals surface area contributed by atoms with Crippen molar-refractivity contribution in [2.24, 2.45) is 5.41 Å². The van der Waals surface area contributed by atoms with Gasteiger partial charge in [-0.3, -0.25) is 4.79 Å². The zero-order chi connectivity index (χ0) is 16.9. The minimum absolute atomic E-state index is 0.216. The van der Waals surface area contributed by atoms with Gasteiger partial charge in [0.1, 0.15) is 11.9 Å². The second kappa shape index (κ2) is 7.55. The topological polar surface area (TPSA) is 75.6 Å². The highest BCUT2D eigenvalue weighted by Crippen LogP contribution is 2.44. The molecule has 0 spiro atoms. The number of benzene rings is 1. The van der Waals surface area contributed by atoms with E-state index < -0.39 is 17.4 Å². The second-order valence-electron chi connectivity index (χ2n) is 6.09. The molecular formula is C17H22FNO4. The molecule has 1 atom stereocenters. The predicted octanol–water partition coefficient (Wildman–Crippen LogP) is 2.14. The largest absolute Gasteiger partial charge is 0.480 e. The van der Waals surface area contributed by atoms with Crippen LogP contribution in [0.4, 0.5) is 4.39 Å². The quantitative estimate of drug-likeness (QED) is 0.768. The van der Waals surface area contributed by atoms with Gasteiger partial charge >= 0.3 is 5.97 Å². The Morgan fingerprint density at radius 2 is 2.17 bits per heavy atom. The van der Waals surface area contributed by atoms with E-state index in [2.05, 4.69) is 5.32 Å². The van der Waals surface area contributed by atoms with E-state index >= 15 is 0 Å². The van der Waals surface area contributed by atoms with E-state index in [0.29, 0.717) is 19.3 Å². The van der Waals surface area contributed by atoms with Gasteiger partial charge in [0.2, 0.25) is 5.91 Å². The van der Waals surface area contributed by atoms with Crippen molar-refractivity contribution >= 4 is 11.9 Å². The first-order valence-corrected chi connectivity index (χ1v) is 7.74. The van der Waals surface area contributed by atoms with Crippen LogP contribution in [0.25, 0.3) is 0 Å². The van der Waals surface area contributed by atoms with Gasteiger partial charge in [-0.05, 0) is 37.0 Å². The number of carbonyl (C=O) groups excluding carboxylic acids is 1. The summed E-state index contributed by atoms with van der Waals surface area (Å²) in [5.41, 5.74) is 0.123. The highest BCUT2D eigenvalue weighted by atomic mass is 19.1. The van der Waals surface area contributed by atoms with Crippen molar-refractivity contribution in [3.8, 4) is 0 Å². The summed E-state index contributed by atoms with van der Waals surface area (Å²) < 4.78 is 18.2. The molecule has 5 nitrogen and oxygen atoms in total. The molecule has 0 bridgehead atoms. The second-order valence-corrected chi connectivity index (χ2v) is 6.09. The van der Waals surface area contributed by atoms with Crippen LogP contribution in [0.1, 0.15) is 31.2 Å². The fraction of sp³-hybridized carbons (Fsp3) is 0.529. The van der Waals surface area contributed by atoms with Crippen LogP contribution in [-0.2, 0) is 20.7 Å².